The molecular formula is C24H26N4. The molecule has 1 aliphatic rings. The van der Waals surface area contributed by atoms with Crippen molar-refractivity contribution in [1.29, 1.82) is 0 Å². The molecule has 28 heavy (non-hydrogen) atoms. The van der Waals surface area contributed by atoms with E-state index in [1.165, 1.54) is 11.3 Å². The fourth-order valence-corrected chi connectivity index (χ4v) is 3.79. The molecule has 0 spiro atoms. The van der Waals surface area contributed by atoms with Crippen molar-refractivity contribution in [3.63, 3.8) is 0 Å². The number of anilines is 1. The van der Waals surface area contributed by atoms with Crippen LogP contribution in [0, 0.1) is 0 Å². The Hall–Kier alpha value is -2.98. The molecule has 0 radical (unpaired) electrons. The molecule has 0 amide bonds. The Bertz CT molecular complexity index is 922. The van der Waals surface area contributed by atoms with Gasteiger partial charge in [-0.3, -0.25) is 14.9 Å². The molecule has 4 rings (SSSR count). The average Bonchev–Trinajstić information content (AvgIpc) is 2.74. The maximum atomic E-state index is 6.31. The van der Waals surface area contributed by atoms with Gasteiger partial charge >= 0.3 is 0 Å². The second kappa shape index (κ2) is 8.81. The van der Waals surface area contributed by atoms with Crippen molar-refractivity contribution in [3.05, 3.63) is 95.8 Å². The molecule has 2 aromatic carbocycles. The molecule has 1 unspecified atom stereocenters. The summed E-state index contributed by atoms with van der Waals surface area (Å²) in [7, 11) is 0. The van der Waals surface area contributed by atoms with Crippen molar-refractivity contribution in [2.75, 3.05) is 18.8 Å². The van der Waals surface area contributed by atoms with Crippen molar-refractivity contribution in [1.82, 2.24) is 9.88 Å². The molecule has 1 aliphatic heterocycles. The standard InChI is InChI=1S/C24H26N4/c25-23-14-5-4-13-22(23)24(19-9-2-1-3-10-19)27-21-12-8-16-28(18-21)17-20-11-6-7-15-26-20/h1-7,9-11,13-15,24H,8,12,16-18,25H2. The fourth-order valence-electron chi connectivity index (χ4n) is 3.79. The molecule has 4 heteroatoms. The summed E-state index contributed by atoms with van der Waals surface area (Å²) in [6.07, 6.45) is 4.02. The number of para-hydroxylation sites is 1. The van der Waals surface area contributed by atoms with Crippen LogP contribution in [0.4, 0.5) is 5.69 Å². The summed E-state index contributed by atoms with van der Waals surface area (Å²) in [5, 5.41) is 0. The second-order valence-corrected chi connectivity index (χ2v) is 7.27. The highest BCUT2D eigenvalue weighted by Gasteiger charge is 2.20. The van der Waals surface area contributed by atoms with Crippen LogP contribution in [-0.2, 0) is 6.54 Å². The minimum atomic E-state index is -0.0628. The molecule has 2 heterocycles. The Kier molecular flexibility index (Phi) is 5.78. The monoisotopic (exact) mass is 370 g/mol. The number of rotatable bonds is 5. The molecule has 0 aliphatic carbocycles. The maximum absolute atomic E-state index is 6.31. The number of aliphatic imine (C=N–C) groups is 1. The lowest BCUT2D eigenvalue weighted by atomic mass is 9.97. The van der Waals surface area contributed by atoms with Crippen LogP contribution in [0.2, 0.25) is 0 Å². The van der Waals surface area contributed by atoms with E-state index in [1.807, 2.05) is 42.6 Å². The lowest BCUT2D eigenvalue weighted by Crippen LogP contribution is -2.35. The zero-order chi connectivity index (χ0) is 19.2. The van der Waals surface area contributed by atoms with Crippen LogP contribution in [0.15, 0.2) is 84.0 Å². The van der Waals surface area contributed by atoms with Crippen molar-refractivity contribution in [3.8, 4) is 0 Å². The summed E-state index contributed by atoms with van der Waals surface area (Å²) in [6.45, 7) is 2.83. The second-order valence-electron chi connectivity index (χ2n) is 7.27. The quantitative estimate of drug-likeness (QED) is 0.673. The van der Waals surface area contributed by atoms with E-state index in [-0.39, 0.29) is 6.04 Å². The van der Waals surface area contributed by atoms with Gasteiger partial charge in [0, 0.05) is 36.2 Å². The first kappa shape index (κ1) is 18.4. The number of aromatic nitrogens is 1. The topological polar surface area (TPSA) is 54.5 Å². The normalized spacial score (nSPS) is 17.5. The molecule has 1 saturated heterocycles. The van der Waals surface area contributed by atoms with Crippen LogP contribution in [0.3, 0.4) is 0 Å². The fraction of sp³-hybridized carbons (Fsp3) is 0.250. The van der Waals surface area contributed by atoms with E-state index in [1.54, 1.807) is 0 Å². The lowest BCUT2D eigenvalue weighted by Gasteiger charge is -2.28. The summed E-state index contributed by atoms with van der Waals surface area (Å²) in [6, 6.07) is 24.5. The molecular weight excluding hydrogens is 344 g/mol. The van der Waals surface area contributed by atoms with Gasteiger partial charge < -0.3 is 5.73 Å². The third kappa shape index (κ3) is 4.46. The SMILES string of the molecule is Nc1ccccc1C(N=C1CCCN(Cc2ccccn2)C1)c1ccccc1. The first-order valence-electron chi connectivity index (χ1n) is 9.87. The Morgan fingerprint density at radius 1 is 0.964 bits per heavy atom. The van der Waals surface area contributed by atoms with E-state index in [0.717, 1.165) is 49.4 Å². The number of piperidine rings is 1. The highest BCUT2D eigenvalue weighted by molar-refractivity contribution is 5.87. The Balaban J connectivity index is 1.60. The van der Waals surface area contributed by atoms with Gasteiger partial charge in [0.25, 0.3) is 0 Å². The zero-order valence-corrected chi connectivity index (χ0v) is 16.0. The molecule has 1 fully saturated rings. The average molecular weight is 371 g/mol. The van der Waals surface area contributed by atoms with Crippen molar-refractivity contribution < 1.29 is 0 Å². The number of hydrogen-bond donors (Lipinski definition) is 1. The molecule has 0 bridgehead atoms. The summed E-state index contributed by atoms with van der Waals surface area (Å²) in [5.74, 6) is 0. The molecule has 4 nitrogen and oxygen atoms in total. The van der Waals surface area contributed by atoms with E-state index in [4.69, 9.17) is 10.7 Å². The van der Waals surface area contributed by atoms with Gasteiger partial charge in [-0.1, -0.05) is 54.6 Å². The summed E-state index contributed by atoms with van der Waals surface area (Å²) in [5.41, 5.74) is 11.7. The Morgan fingerprint density at radius 2 is 1.75 bits per heavy atom. The molecule has 1 aromatic heterocycles. The lowest BCUT2D eigenvalue weighted by molar-refractivity contribution is 0.280. The van der Waals surface area contributed by atoms with Gasteiger partial charge in [0.2, 0.25) is 0 Å². The summed E-state index contributed by atoms with van der Waals surface area (Å²) < 4.78 is 0. The Morgan fingerprint density at radius 3 is 2.54 bits per heavy atom. The van der Waals surface area contributed by atoms with Crippen LogP contribution in [-0.4, -0.2) is 28.7 Å². The molecule has 0 saturated carbocycles. The largest absolute Gasteiger partial charge is 0.398 e. The van der Waals surface area contributed by atoms with Gasteiger partial charge in [-0.15, -0.1) is 0 Å². The van der Waals surface area contributed by atoms with E-state index >= 15 is 0 Å². The number of likely N-dealkylation sites (tertiary alicyclic amines) is 1. The maximum Gasteiger partial charge on any atom is 0.102 e. The smallest absolute Gasteiger partial charge is 0.102 e. The van der Waals surface area contributed by atoms with Gasteiger partial charge in [-0.2, -0.15) is 0 Å². The van der Waals surface area contributed by atoms with Crippen LogP contribution in [0.25, 0.3) is 0 Å². The van der Waals surface area contributed by atoms with Crippen molar-refractivity contribution in [2.45, 2.75) is 25.4 Å². The third-order valence-corrected chi connectivity index (χ3v) is 5.18. The summed E-state index contributed by atoms with van der Waals surface area (Å²) in [4.78, 5) is 12.1. The predicted molar refractivity (Wildman–Crippen MR) is 115 cm³/mol. The number of nitrogen functional groups attached to an aromatic ring is 1. The zero-order valence-electron chi connectivity index (χ0n) is 16.0. The third-order valence-electron chi connectivity index (χ3n) is 5.18. The van der Waals surface area contributed by atoms with Gasteiger partial charge in [0.1, 0.15) is 6.04 Å². The van der Waals surface area contributed by atoms with E-state index in [9.17, 15) is 0 Å². The van der Waals surface area contributed by atoms with E-state index in [2.05, 4.69) is 46.3 Å². The van der Waals surface area contributed by atoms with E-state index in [0.29, 0.717) is 0 Å². The minimum absolute atomic E-state index is 0.0628. The highest BCUT2D eigenvalue weighted by atomic mass is 15.1. The number of benzene rings is 2. The predicted octanol–water partition coefficient (Wildman–Crippen LogP) is 4.49. The number of pyridine rings is 1. The van der Waals surface area contributed by atoms with Gasteiger partial charge in [-0.05, 0) is 43.1 Å². The van der Waals surface area contributed by atoms with Crippen molar-refractivity contribution in [2.24, 2.45) is 4.99 Å². The first-order chi connectivity index (χ1) is 13.8. The van der Waals surface area contributed by atoms with Crippen LogP contribution >= 0.6 is 0 Å². The van der Waals surface area contributed by atoms with Crippen molar-refractivity contribution >= 4 is 11.4 Å². The minimum Gasteiger partial charge on any atom is -0.398 e. The first-order valence-corrected chi connectivity index (χ1v) is 9.87. The van der Waals surface area contributed by atoms with Gasteiger partial charge in [-0.25, -0.2) is 0 Å². The van der Waals surface area contributed by atoms with Crippen LogP contribution in [0.1, 0.15) is 35.7 Å². The number of hydrogen-bond acceptors (Lipinski definition) is 4. The van der Waals surface area contributed by atoms with Crippen LogP contribution < -0.4 is 5.73 Å². The highest BCUT2D eigenvalue weighted by Crippen LogP contribution is 2.31. The van der Waals surface area contributed by atoms with Gasteiger partial charge in [0.15, 0.2) is 0 Å². The molecule has 1 atom stereocenters. The number of nitrogens with zero attached hydrogens (tertiary/aromatic N) is 3. The summed E-state index contributed by atoms with van der Waals surface area (Å²) >= 11 is 0. The molecule has 2 N–H and O–H groups in total. The molecule has 142 valence electrons. The Labute approximate surface area is 166 Å². The van der Waals surface area contributed by atoms with Gasteiger partial charge in [0.05, 0.1) is 5.69 Å². The molecule has 3 aromatic rings. The van der Waals surface area contributed by atoms with Crippen LogP contribution in [0.5, 0.6) is 0 Å². The van der Waals surface area contributed by atoms with E-state index < -0.39 is 0 Å². The number of nitrogens with two attached hydrogens (primary N) is 1.